The molecule has 0 spiro atoms. The summed E-state index contributed by atoms with van der Waals surface area (Å²) in [4.78, 5) is 0. The Balaban J connectivity index is 0.000000853. The van der Waals surface area contributed by atoms with Crippen molar-refractivity contribution < 1.29 is 0 Å². The average Bonchev–Trinajstić information content (AvgIpc) is 2.26. The van der Waals surface area contributed by atoms with E-state index in [2.05, 4.69) is 61.4 Å². The zero-order chi connectivity index (χ0) is 9.38. The van der Waals surface area contributed by atoms with Crippen LogP contribution in [-0.4, -0.2) is 23.1 Å². The first-order valence-corrected chi connectivity index (χ1v) is 5.07. The van der Waals surface area contributed by atoms with Crippen LogP contribution in [0, 0.1) is 24.7 Å². The Bertz CT molecular complexity index is 365. The molecule has 0 radical (unpaired) electrons. The molecule has 0 amide bonds. The maximum Gasteiger partial charge on any atom is 2.00 e. The van der Waals surface area contributed by atoms with Crippen LogP contribution in [0.1, 0.15) is 11.1 Å². The third-order valence-corrected chi connectivity index (χ3v) is 2.96. The minimum atomic E-state index is 0. The summed E-state index contributed by atoms with van der Waals surface area (Å²) < 4.78 is 0. The van der Waals surface area contributed by atoms with Crippen LogP contribution in [-0.2, 0) is 0 Å². The van der Waals surface area contributed by atoms with Crippen LogP contribution in [0.2, 0.25) is 0 Å². The predicted molar refractivity (Wildman–Crippen MR) is 64.3 cm³/mol. The van der Waals surface area contributed by atoms with Crippen LogP contribution in [0.5, 0.6) is 0 Å². The molecule has 2 aliphatic rings. The van der Waals surface area contributed by atoms with E-state index in [1.165, 1.54) is 11.1 Å². The molecule has 2 atom stereocenters. The van der Waals surface area contributed by atoms with E-state index in [-0.39, 0.29) is 23.1 Å². The van der Waals surface area contributed by atoms with Crippen LogP contribution in [0.25, 0.3) is 0 Å². The summed E-state index contributed by atoms with van der Waals surface area (Å²) >= 11 is 0. The Hall–Kier alpha value is -0.794. The fourth-order valence-corrected chi connectivity index (χ4v) is 2.20. The third kappa shape index (κ3) is 1.94. The Morgan fingerprint density at radius 2 is 1.27 bits per heavy atom. The number of hydrogen-bond donors (Lipinski definition) is 0. The van der Waals surface area contributed by atoms with Gasteiger partial charge >= 0.3 is 23.1 Å². The summed E-state index contributed by atoms with van der Waals surface area (Å²) in [7, 11) is 0. The van der Waals surface area contributed by atoms with Crippen LogP contribution in [0.15, 0.2) is 48.6 Å². The fraction of sp³-hybridized carbons (Fsp3) is 0.143. The maximum absolute atomic E-state index is 2.36. The Kier molecular flexibility index (Phi) is 3.13. The molecule has 0 aromatic heterocycles. The van der Waals surface area contributed by atoms with E-state index in [9.17, 15) is 0 Å². The molecule has 0 nitrogen and oxygen atoms in total. The molecule has 0 saturated carbocycles. The minimum absolute atomic E-state index is 0. The van der Waals surface area contributed by atoms with Crippen molar-refractivity contribution in [2.75, 3.05) is 0 Å². The molecule has 0 aliphatic heterocycles. The zero-order valence-electron chi connectivity index (χ0n) is 8.64. The van der Waals surface area contributed by atoms with Crippen LogP contribution in [0.4, 0.5) is 0 Å². The Morgan fingerprint density at radius 3 is 1.73 bits per heavy atom. The van der Waals surface area contributed by atoms with Gasteiger partial charge in [-0.1, -0.05) is 36.1 Å². The predicted octanol–water partition coefficient (Wildman–Crippen LogP) is 2.78. The maximum atomic E-state index is 2.36. The summed E-state index contributed by atoms with van der Waals surface area (Å²) in [6, 6.07) is 8.58. The largest absolute Gasteiger partial charge is 2.00 e. The van der Waals surface area contributed by atoms with Gasteiger partial charge in [-0.25, -0.2) is 25.0 Å². The van der Waals surface area contributed by atoms with Gasteiger partial charge in [0.2, 0.25) is 0 Å². The monoisotopic (exact) mass is 204 g/mol. The molecular formula is C14H12Mg. The molecule has 0 saturated heterocycles. The van der Waals surface area contributed by atoms with E-state index in [4.69, 9.17) is 0 Å². The third-order valence-electron chi connectivity index (χ3n) is 2.96. The van der Waals surface area contributed by atoms with E-state index < -0.39 is 0 Å². The molecule has 0 bridgehead atoms. The molecule has 3 rings (SSSR count). The van der Waals surface area contributed by atoms with Gasteiger partial charge in [0.1, 0.15) is 0 Å². The van der Waals surface area contributed by atoms with Gasteiger partial charge in [0.25, 0.3) is 0 Å². The number of rotatable bonds is 0. The first kappa shape index (κ1) is 10.7. The minimum Gasteiger partial charge on any atom is -0.295 e. The summed E-state index contributed by atoms with van der Waals surface area (Å²) in [5, 5.41) is 0. The number of fused-ring (bicyclic) bond motifs is 2. The van der Waals surface area contributed by atoms with E-state index in [0.717, 1.165) is 0 Å². The van der Waals surface area contributed by atoms with Crippen molar-refractivity contribution in [1.82, 2.24) is 0 Å². The summed E-state index contributed by atoms with van der Waals surface area (Å²) in [6.07, 6.45) is 13.5. The smallest absolute Gasteiger partial charge is 0.295 e. The van der Waals surface area contributed by atoms with Gasteiger partial charge < -0.3 is 0 Å². The molecule has 2 unspecified atom stereocenters. The van der Waals surface area contributed by atoms with Gasteiger partial charge in [-0.05, 0) is 0 Å². The summed E-state index contributed by atoms with van der Waals surface area (Å²) in [5.41, 5.74) is 2.74. The molecular weight excluding hydrogens is 192 g/mol. The van der Waals surface area contributed by atoms with E-state index in [0.29, 0.717) is 11.8 Å². The molecule has 1 heteroatoms. The molecule has 1 aromatic carbocycles. The average molecular weight is 205 g/mol. The molecule has 15 heavy (non-hydrogen) atoms. The van der Waals surface area contributed by atoms with Crippen molar-refractivity contribution in [3.63, 3.8) is 0 Å². The topological polar surface area (TPSA) is 0 Å². The van der Waals surface area contributed by atoms with Crippen LogP contribution >= 0.6 is 0 Å². The second-order valence-electron chi connectivity index (χ2n) is 3.89. The first-order chi connectivity index (χ1) is 6.93. The molecule has 2 aliphatic carbocycles. The van der Waals surface area contributed by atoms with Gasteiger partial charge in [-0.15, -0.1) is 12.1 Å². The van der Waals surface area contributed by atoms with Gasteiger partial charge in [0.15, 0.2) is 0 Å². The van der Waals surface area contributed by atoms with Crippen LogP contribution < -0.4 is 0 Å². The quantitative estimate of drug-likeness (QED) is 0.450. The first-order valence-electron chi connectivity index (χ1n) is 5.07. The molecule has 0 fully saturated rings. The van der Waals surface area contributed by atoms with E-state index >= 15 is 0 Å². The molecule has 1 aromatic rings. The van der Waals surface area contributed by atoms with Crippen molar-refractivity contribution in [3.8, 4) is 0 Å². The molecule has 0 heterocycles. The normalized spacial score (nSPS) is 25.3. The molecule has 70 valence electrons. The van der Waals surface area contributed by atoms with Crippen molar-refractivity contribution in [2.24, 2.45) is 11.8 Å². The Morgan fingerprint density at radius 1 is 0.800 bits per heavy atom. The van der Waals surface area contributed by atoms with Gasteiger partial charge in [0, 0.05) is 0 Å². The van der Waals surface area contributed by atoms with Gasteiger partial charge in [0.05, 0.1) is 0 Å². The summed E-state index contributed by atoms with van der Waals surface area (Å²) in [6.45, 7) is 0. The van der Waals surface area contributed by atoms with Gasteiger partial charge in [-0.2, -0.15) is 0 Å². The van der Waals surface area contributed by atoms with Crippen molar-refractivity contribution in [1.29, 1.82) is 0 Å². The Labute approximate surface area is 107 Å². The summed E-state index contributed by atoms with van der Waals surface area (Å²) in [5.74, 6) is 1.13. The van der Waals surface area contributed by atoms with E-state index in [1.807, 2.05) is 0 Å². The number of hydrogen-bond acceptors (Lipinski definition) is 0. The van der Waals surface area contributed by atoms with Gasteiger partial charge in [-0.3, -0.25) is 11.1 Å². The second-order valence-corrected chi connectivity index (χ2v) is 3.89. The second kappa shape index (κ2) is 4.38. The molecule has 0 N–H and O–H groups in total. The van der Waals surface area contributed by atoms with Crippen molar-refractivity contribution in [2.45, 2.75) is 0 Å². The van der Waals surface area contributed by atoms with Crippen molar-refractivity contribution >= 4 is 23.1 Å². The SMILES string of the molecule is C1=CC2[CH-]c3ccccc3[CH-]C2C=C1.[Mg+2]. The number of allylic oxidation sites excluding steroid dienone is 4. The zero-order valence-corrected chi connectivity index (χ0v) is 10.0. The fourth-order valence-electron chi connectivity index (χ4n) is 2.20. The van der Waals surface area contributed by atoms with Crippen LogP contribution in [0.3, 0.4) is 0 Å². The standard InChI is InChI=1S/C14H12.Mg/c1-2-6-12-10-14-8-4-3-7-13(14)9-11(12)5-1;/h1-12H;/q-2;+2. The van der Waals surface area contributed by atoms with Crippen molar-refractivity contribution in [3.05, 3.63) is 72.5 Å². The van der Waals surface area contributed by atoms with E-state index in [1.54, 1.807) is 0 Å². The number of benzene rings is 1.